The van der Waals surface area contributed by atoms with Gasteiger partial charge in [0.25, 0.3) is 0 Å². The number of benzene rings is 1. The van der Waals surface area contributed by atoms with E-state index in [1.807, 2.05) is 30.3 Å². The van der Waals surface area contributed by atoms with E-state index >= 15 is 0 Å². The maximum absolute atomic E-state index is 10.9. The highest BCUT2D eigenvalue weighted by Gasteiger charge is 2.26. The van der Waals surface area contributed by atoms with Crippen LogP contribution in [0, 0.1) is 11.8 Å². The minimum absolute atomic E-state index is 0.0608. The van der Waals surface area contributed by atoms with Crippen LogP contribution in [0.1, 0.15) is 19.4 Å². The molecule has 5 nitrogen and oxygen atoms in total. The SMILES string of the molecule is C[C@H](O)[C@H](NC[C@@](C)(O)C#Cc1ccccc1)C(=O)O. The second kappa shape index (κ2) is 7.06. The third-order valence-electron chi connectivity index (χ3n) is 2.66. The molecule has 0 aliphatic carbocycles. The fraction of sp³-hybridized carbons (Fsp3) is 0.400. The van der Waals surface area contributed by atoms with Crippen LogP contribution in [-0.2, 0) is 4.79 Å². The third-order valence-corrected chi connectivity index (χ3v) is 2.66. The van der Waals surface area contributed by atoms with Crippen molar-refractivity contribution in [2.45, 2.75) is 31.6 Å². The molecule has 0 heterocycles. The summed E-state index contributed by atoms with van der Waals surface area (Å²) >= 11 is 0. The molecular weight excluding hydrogens is 258 g/mol. The van der Waals surface area contributed by atoms with E-state index in [1.165, 1.54) is 13.8 Å². The molecule has 4 N–H and O–H groups in total. The Hall–Kier alpha value is -1.87. The number of aliphatic carboxylic acids is 1. The van der Waals surface area contributed by atoms with Gasteiger partial charge in [0, 0.05) is 12.1 Å². The van der Waals surface area contributed by atoms with E-state index in [0.717, 1.165) is 5.56 Å². The Bertz CT molecular complexity index is 500. The lowest BCUT2D eigenvalue weighted by atomic mass is 10.1. The van der Waals surface area contributed by atoms with Crippen LogP contribution in [0.15, 0.2) is 30.3 Å². The first-order valence-electron chi connectivity index (χ1n) is 6.27. The summed E-state index contributed by atoms with van der Waals surface area (Å²) in [6, 6.07) is 8.03. The number of aliphatic hydroxyl groups is 2. The predicted molar refractivity (Wildman–Crippen MR) is 75.1 cm³/mol. The molecule has 0 fully saturated rings. The van der Waals surface area contributed by atoms with E-state index in [9.17, 15) is 15.0 Å². The summed E-state index contributed by atoms with van der Waals surface area (Å²) in [7, 11) is 0. The van der Waals surface area contributed by atoms with Crippen molar-refractivity contribution in [3.8, 4) is 11.8 Å². The molecule has 0 radical (unpaired) electrons. The van der Waals surface area contributed by atoms with Gasteiger partial charge in [0.2, 0.25) is 0 Å². The summed E-state index contributed by atoms with van der Waals surface area (Å²) < 4.78 is 0. The molecule has 0 saturated carbocycles. The Kier molecular flexibility index (Phi) is 5.71. The lowest BCUT2D eigenvalue weighted by Gasteiger charge is -2.22. The topological polar surface area (TPSA) is 89.8 Å². The van der Waals surface area contributed by atoms with E-state index in [1.54, 1.807) is 0 Å². The van der Waals surface area contributed by atoms with Crippen LogP contribution in [-0.4, -0.2) is 45.6 Å². The van der Waals surface area contributed by atoms with Gasteiger partial charge in [-0.3, -0.25) is 10.1 Å². The molecule has 0 aliphatic rings. The minimum atomic E-state index is -1.39. The highest BCUT2D eigenvalue weighted by molar-refractivity contribution is 5.74. The smallest absolute Gasteiger partial charge is 0.323 e. The second-order valence-corrected chi connectivity index (χ2v) is 4.83. The van der Waals surface area contributed by atoms with Crippen LogP contribution in [0.25, 0.3) is 0 Å². The Labute approximate surface area is 118 Å². The largest absolute Gasteiger partial charge is 0.480 e. The summed E-state index contributed by atoms with van der Waals surface area (Å²) in [6.07, 6.45) is -1.06. The zero-order valence-electron chi connectivity index (χ0n) is 11.5. The maximum atomic E-state index is 10.9. The van der Waals surface area contributed by atoms with Crippen LogP contribution < -0.4 is 5.32 Å². The number of hydrogen-bond donors (Lipinski definition) is 4. The monoisotopic (exact) mass is 277 g/mol. The van der Waals surface area contributed by atoms with Crippen molar-refractivity contribution in [1.29, 1.82) is 0 Å². The van der Waals surface area contributed by atoms with Gasteiger partial charge in [-0.05, 0) is 26.0 Å². The van der Waals surface area contributed by atoms with E-state index in [0.29, 0.717) is 0 Å². The lowest BCUT2D eigenvalue weighted by Crippen LogP contribution is -2.50. The number of carbonyl (C=O) groups is 1. The molecular formula is C15H19NO4. The molecule has 1 rings (SSSR count). The van der Waals surface area contributed by atoms with Crippen LogP contribution in [0.5, 0.6) is 0 Å². The number of carboxylic acids is 1. The average Bonchev–Trinajstić information content (AvgIpc) is 2.37. The molecule has 0 aromatic heterocycles. The molecule has 5 heteroatoms. The fourth-order valence-corrected chi connectivity index (χ4v) is 1.55. The summed E-state index contributed by atoms with van der Waals surface area (Å²) in [5, 5.41) is 30.9. The van der Waals surface area contributed by atoms with Gasteiger partial charge in [-0.25, -0.2) is 0 Å². The predicted octanol–water partition coefficient (Wildman–Crippen LogP) is 0.213. The molecule has 0 amide bonds. The first-order chi connectivity index (χ1) is 9.32. The van der Waals surface area contributed by atoms with E-state index in [-0.39, 0.29) is 6.54 Å². The number of carboxylic acid groups (broad SMARTS) is 1. The quantitative estimate of drug-likeness (QED) is 0.578. The summed E-state index contributed by atoms with van der Waals surface area (Å²) in [6.45, 7) is 2.79. The molecule has 0 unspecified atom stereocenters. The molecule has 1 aromatic rings. The lowest BCUT2D eigenvalue weighted by molar-refractivity contribution is -0.142. The number of rotatable bonds is 5. The highest BCUT2D eigenvalue weighted by atomic mass is 16.4. The first-order valence-corrected chi connectivity index (χ1v) is 6.27. The fourth-order valence-electron chi connectivity index (χ4n) is 1.55. The van der Waals surface area contributed by atoms with Gasteiger partial charge in [-0.15, -0.1) is 0 Å². The van der Waals surface area contributed by atoms with Gasteiger partial charge in [-0.1, -0.05) is 30.0 Å². The number of hydrogen-bond acceptors (Lipinski definition) is 4. The summed E-state index contributed by atoms with van der Waals surface area (Å²) in [5.74, 6) is 4.32. The standard InChI is InChI=1S/C15H19NO4/c1-11(17)13(14(18)19)16-10-15(2,20)9-8-12-6-4-3-5-7-12/h3-7,11,13,16-17,20H,10H2,1-2H3,(H,18,19)/t11-,13-,15-/m0/s1. The first kappa shape index (κ1) is 16.2. The molecule has 0 saturated heterocycles. The van der Waals surface area contributed by atoms with Crippen molar-refractivity contribution in [1.82, 2.24) is 5.32 Å². The van der Waals surface area contributed by atoms with Crippen LogP contribution in [0.4, 0.5) is 0 Å². The van der Waals surface area contributed by atoms with Crippen LogP contribution >= 0.6 is 0 Å². The zero-order chi connectivity index (χ0) is 15.2. The van der Waals surface area contributed by atoms with Gasteiger partial charge < -0.3 is 15.3 Å². The van der Waals surface area contributed by atoms with Crippen molar-refractivity contribution >= 4 is 5.97 Å². The van der Waals surface area contributed by atoms with Crippen molar-refractivity contribution in [2.24, 2.45) is 0 Å². The summed E-state index contributed by atoms with van der Waals surface area (Å²) in [5.41, 5.74) is -0.628. The Morgan fingerprint density at radius 3 is 2.50 bits per heavy atom. The molecule has 20 heavy (non-hydrogen) atoms. The Morgan fingerprint density at radius 1 is 1.40 bits per heavy atom. The Balaban J connectivity index is 2.66. The molecule has 0 aliphatic heterocycles. The van der Waals surface area contributed by atoms with E-state index in [2.05, 4.69) is 17.2 Å². The van der Waals surface area contributed by atoms with Gasteiger partial charge in [0.05, 0.1) is 6.10 Å². The van der Waals surface area contributed by atoms with Crippen molar-refractivity contribution in [3.05, 3.63) is 35.9 Å². The molecule has 1 aromatic carbocycles. The maximum Gasteiger partial charge on any atom is 0.323 e. The molecule has 0 bridgehead atoms. The highest BCUT2D eigenvalue weighted by Crippen LogP contribution is 2.03. The number of nitrogens with one attached hydrogen (secondary N) is 1. The molecule has 0 spiro atoms. The third kappa shape index (κ3) is 5.41. The average molecular weight is 277 g/mol. The van der Waals surface area contributed by atoms with Crippen molar-refractivity contribution in [3.63, 3.8) is 0 Å². The normalized spacial score (nSPS) is 16.4. The minimum Gasteiger partial charge on any atom is -0.480 e. The van der Waals surface area contributed by atoms with Crippen LogP contribution in [0.3, 0.4) is 0 Å². The van der Waals surface area contributed by atoms with E-state index in [4.69, 9.17) is 5.11 Å². The number of aliphatic hydroxyl groups excluding tert-OH is 1. The molecule has 3 atom stereocenters. The van der Waals surface area contributed by atoms with Crippen molar-refractivity contribution in [2.75, 3.05) is 6.54 Å². The molecule has 108 valence electrons. The Morgan fingerprint density at radius 2 is 2.00 bits per heavy atom. The van der Waals surface area contributed by atoms with E-state index < -0.39 is 23.7 Å². The van der Waals surface area contributed by atoms with Crippen molar-refractivity contribution < 1.29 is 20.1 Å². The second-order valence-electron chi connectivity index (χ2n) is 4.83. The van der Waals surface area contributed by atoms with Gasteiger partial charge in [0.1, 0.15) is 11.6 Å². The van der Waals surface area contributed by atoms with Gasteiger partial charge in [-0.2, -0.15) is 0 Å². The summed E-state index contributed by atoms with van der Waals surface area (Å²) in [4.78, 5) is 10.9. The van der Waals surface area contributed by atoms with Gasteiger partial charge in [0.15, 0.2) is 0 Å². The van der Waals surface area contributed by atoms with Gasteiger partial charge >= 0.3 is 5.97 Å². The zero-order valence-corrected chi connectivity index (χ0v) is 11.5. The van der Waals surface area contributed by atoms with Crippen LogP contribution in [0.2, 0.25) is 0 Å².